The van der Waals surface area contributed by atoms with Crippen LogP contribution in [0.1, 0.15) is 26.7 Å². The van der Waals surface area contributed by atoms with E-state index < -0.39 is 5.47 Å². The van der Waals surface area contributed by atoms with Gasteiger partial charge in [0, 0.05) is 5.75 Å². The van der Waals surface area contributed by atoms with Gasteiger partial charge in [0.2, 0.25) is 0 Å². The van der Waals surface area contributed by atoms with Crippen molar-refractivity contribution >= 4 is 41.1 Å². The first kappa shape index (κ1) is 15.7. The van der Waals surface area contributed by atoms with E-state index in [0.717, 1.165) is 5.75 Å². The lowest BCUT2D eigenvalue weighted by Gasteiger charge is -2.12. The molecule has 2 atom stereocenters. The lowest BCUT2D eigenvalue weighted by molar-refractivity contribution is 0.585. The first-order valence-electron chi connectivity index (χ1n) is 3.90. The molecule has 0 aliphatic heterocycles. The molecule has 0 aromatic rings. The molecule has 0 amide bonds. The smallest absolute Gasteiger partial charge is 0.113 e. The maximum absolute atomic E-state index is 9.32. The summed E-state index contributed by atoms with van der Waals surface area (Å²) in [7, 11) is 0. The minimum absolute atomic E-state index is 0. The third kappa shape index (κ3) is 11.2. The van der Waals surface area contributed by atoms with Crippen LogP contribution >= 0.6 is 29.3 Å². The quantitative estimate of drug-likeness (QED) is 0.752. The number of halogens is 1. The molecule has 5 heteroatoms. The average molecular weight is 249 g/mol. The molecule has 0 aromatic carbocycles. The largest absolute Gasteiger partial charge is 0.357 e. The average Bonchev–Trinajstić information content (AvgIpc) is 1.83. The second kappa shape index (κ2) is 7.64. The number of hydrogen-bond donors (Lipinski definition) is 1. The molecule has 0 fully saturated rings. The second-order valence-electron chi connectivity index (χ2n) is 2.99. The van der Waals surface area contributed by atoms with Gasteiger partial charge in [-0.25, -0.2) is 0 Å². The molecule has 0 spiro atoms. The Labute approximate surface area is 91.0 Å². The molecule has 0 saturated carbocycles. The maximum atomic E-state index is 9.32. The fraction of sp³-hybridized carbons (Fsp3) is 1.00. The summed E-state index contributed by atoms with van der Waals surface area (Å²) in [6.07, 6.45) is 2.46. The van der Waals surface area contributed by atoms with Gasteiger partial charge in [0.05, 0.1) is 0 Å². The highest BCUT2D eigenvalue weighted by Gasteiger charge is 2.08. The predicted octanol–water partition coefficient (Wildman–Crippen LogP) is 3.51. The summed E-state index contributed by atoms with van der Waals surface area (Å²) in [5.41, 5.74) is -1.99. The molecule has 0 radical (unpaired) electrons. The van der Waals surface area contributed by atoms with Crippen LogP contribution in [0.2, 0.25) is 0 Å². The van der Waals surface area contributed by atoms with E-state index in [9.17, 15) is 4.89 Å². The molecule has 0 heterocycles. The van der Waals surface area contributed by atoms with Gasteiger partial charge in [-0.15, -0.1) is 12.4 Å². The lowest BCUT2D eigenvalue weighted by Crippen LogP contribution is -1.96. The van der Waals surface area contributed by atoms with E-state index in [1.54, 1.807) is 18.0 Å². The summed E-state index contributed by atoms with van der Waals surface area (Å²) in [6, 6.07) is 0. The highest BCUT2D eigenvalue weighted by Crippen LogP contribution is 2.51. The summed E-state index contributed by atoms with van der Waals surface area (Å²) in [5, 5.41) is 0. The van der Waals surface area contributed by atoms with Gasteiger partial charge < -0.3 is 4.89 Å². The van der Waals surface area contributed by atoms with Gasteiger partial charge in [0.1, 0.15) is 5.47 Å². The Kier molecular flexibility index (Phi) is 10.00. The molecule has 0 aliphatic carbocycles. The molecule has 0 aromatic heterocycles. The van der Waals surface area contributed by atoms with Crippen molar-refractivity contribution in [3.63, 3.8) is 0 Å². The van der Waals surface area contributed by atoms with Gasteiger partial charge in [-0.05, 0) is 12.6 Å². The van der Waals surface area contributed by atoms with Crippen molar-refractivity contribution in [2.24, 2.45) is 5.92 Å². The Morgan fingerprint density at radius 3 is 2.42 bits per heavy atom. The van der Waals surface area contributed by atoms with Gasteiger partial charge in [0.25, 0.3) is 0 Å². The van der Waals surface area contributed by atoms with E-state index in [1.165, 1.54) is 12.8 Å². The molecule has 1 N–H and O–H groups in total. The van der Waals surface area contributed by atoms with Crippen LogP contribution in [0.4, 0.5) is 0 Å². The van der Waals surface area contributed by atoms with Crippen LogP contribution in [0.25, 0.3) is 0 Å². The molecule has 1 nitrogen and oxygen atoms in total. The minimum atomic E-state index is -1.99. The third-order valence-corrected chi connectivity index (χ3v) is 5.41. The SMILES string of the molecule is CCCC(C)CSP(C)(O)=S.Cl. The highest BCUT2D eigenvalue weighted by atomic mass is 35.5. The van der Waals surface area contributed by atoms with Crippen molar-refractivity contribution in [2.45, 2.75) is 26.7 Å². The van der Waals surface area contributed by atoms with Crippen molar-refractivity contribution in [1.82, 2.24) is 0 Å². The topological polar surface area (TPSA) is 20.2 Å². The molecule has 76 valence electrons. The van der Waals surface area contributed by atoms with Crippen molar-refractivity contribution < 1.29 is 4.89 Å². The molecule has 0 rings (SSSR count). The van der Waals surface area contributed by atoms with Gasteiger partial charge in [-0.3, -0.25) is 0 Å². The van der Waals surface area contributed by atoms with Crippen LogP contribution in [0.5, 0.6) is 0 Å². The van der Waals surface area contributed by atoms with Crippen molar-refractivity contribution in [3.05, 3.63) is 0 Å². The summed E-state index contributed by atoms with van der Waals surface area (Å²) in [6.45, 7) is 6.16. The summed E-state index contributed by atoms with van der Waals surface area (Å²) in [5.74, 6) is 1.71. The molecular formula is C7H18ClOPS2. The fourth-order valence-corrected chi connectivity index (χ4v) is 3.68. The molecule has 2 unspecified atom stereocenters. The Hall–Kier alpha value is 1.25. The number of rotatable bonds is 5. The Morgan fingerprint density at radius 2 is 2.08 bits per heavy atom. The normalized spacial score (nSPS) is 17.7. The first-order valence-corrected chi connectivity index (χ1v) is 8.69. The van der Waals surface area contributed by atoms with Gasteiger partial charge in [-0.2, -0.15) is 0 Å². The van der Waals surface area contributed by atoms with Crippen LogP contribution in [-0.4, -0.2) is 17.3 Å². The molecule has 0 saturated heterocycles. The molecule has 0 aliphatic rings. The zero-order valence-corrected chi connectivity index (χ0v) is 11.2. The summed E-state index contributed by atoms with van der Waals surface area (Å²) in [4.78, 5) is 9.32. The van der Waals surface area contributed by atoms with Gasteiger partial charge >= 0.3 is 0 Å². The maximum Gasteiger partial charge on any atom is 0.113 e. The molecular weight excluding hydrogens is 231 g/mol. The van der Waals surface area contributed by atoms with Crippen LogP contribution in [-0.2, 0) is 11.8 Å². The zero-order chi connectivity index (χ0) is 8.91. The molecule has 12 heavy (non-hydrogen) atoms. The third-order valence-electron chi connectivity index (χ3n) is 1.38. The number of hydrogen-bond acceptors (Lipinski definition) is 2. The second-order valence-corrected chi connectivity index (χ2v) is 10.9. The van der Waals surface area contributed by atoms with Gasteiger partial charge in [-0.1, -0.05) is 49.9 Å². The first-order chi connectivity index (χ1) is 4.95. The van der Waals surface area contributed by atoms with E-state index in [-0.39, 0.29) is 12.4 Å². The van der Waals surface area contributed by atoms with Crippen molar-refractivity contribution in [3.8, 4) is 0 Å². The highest BCUT2D eigenvalue weighted by molar-refractivity contribution is 8.68. The van der Waals surface area contributed by atoms with Crippen LogP contribution < -0.4 is 0 Å². The van der Waals surface area contributed by atoms with Crippen LogP contribution in [0.3, 0.4) is 0 Å². The summed E-state index contributed by atoms with van der Waals surface area (Å²) >= 11 is 6.48. The van der Waals surface area contributed by atoms with Crippen molar-refractivity contribution in [2.75, 3.05) is 12.4 Å². The fourth-order valence-electron chi connectivity index (χ4n) is 0.842. The van der Waals surface area contributed by atoms with E-state index >= 15 is 0 Å². The standard InChI is InChI=1S/C7H17OPS2.ClH/c1-4-5-7(2)6-11-9(3,8)10;/h7H,4-6H2,1-3H3,(H,8,10);1H. The van der Waals surface area contributed by atoms with E-state index in [1.807, 2.05) is 0 Å². The van der Waals surface area contributed by atoms with E-state index in [4.69, 9.17) is 11.8 Å². The van der Waals surface area contributed by atoms with Crippen LogP contribution in [0, 0.1) is 5.92 Å². The van der Waals surface area contributed by atoms with Gasteiger partial charge in [0.15, 0.2) is 0 Å². The Morgan fingerprint density at radius 1 is 1.58 bits per heavy atom. The lowest BCUT2D eigenvalue weighted by atomic mass is 10.1. The Bertz CT molecular complexity index is 148. The van der Waals surface area contributed by atoms with Crippen molar-refractivity contribution in [1.29, 1.82) is 0 Å². The summed E-state index contributed by atoms with van der Waals surface area (Å²) < 4.78 is 0. The monoisotopic (exact) mass is 248 g/mol. The zero-order valence-electron chi connectivity index (χ0n) is 7.82. The van der Waals surface area contributed by atoms with E-state index in [2.05, 4.69) is 13.8 Å². The predicted molar refractivity (Wildman–Crippen MR) is 66.2 cm³/mol. The van der Waals surface area contributed by atoms with Crippen LogP contribution in [0.15, 0.2) is 0 Å². The Balaban J connectivity index is 0. The minimum Gasteiger partial charge on any atom is -0.357 e. The molecule has 0 bridgehead atoms. The van der Waals surface area contributed by atoms with E-state index in [0.29, 0.717) is 5.92 Å².